The summed E-state index contributed by atoms with van der Waals surface area (Å²) in [6, 6.07) is 13.7. The van der Waals surface area contributed by atoms with Crippen LogP contribution in [0.15, 0.2) is 67.5 Å². The molecule has 0 aliphatic rings. The van der Waals surface area contributed by atoms with E-state index in [0.717, 1.165) is 34.4 Å². The molecule has 42 heavy (non-hydrogen) atoms. The van der Waals surface area contributed by atoms with Crippen LogP contribution in [0, 0.1) is 0 Å². The molecule has 2 aromatic heterocycles. The highest BCUT2D eigenvalue weighted by molar-refractivity contribution is 6.02. The predicted molar refractivity (Wildman–Crippen MR) is 166 cm³/mol. The average molecular weight is 572 g/mol. The van der Waals surface area contributed by atoms with Crippen LogP contribution in [0.2, 0.25) is 0 Å². The predicted octanol–water partition coefficient (Wildman–Crippen LogP) is 4.44. The van der Waals surface area contributed by atoms with Crippen LogP contribution in [0.3, 0.4) is 0 Å². The molecule has 220 valence electrons. The van der Waals surface area contributed by atoms with Crippen LogP contribution in [0.5, 0.6) is 5.75 Å². The van der Waals surface area contributed by atoms with Gasteiger partial charge in [-0.3, -0.25) is 9.59 Å². The van der Waals surface area contributed by atoms with Gasteiger partial charge in [0.1, 0.15) is 5.75 Å². The van der Waals surface area contributed by atoms with E-state index in [1.807, 2.05) is 63.6 Å². The molecule has 0 aliphatic carbocycles. The Morgan fingerprint density at radius 1 is 1.10 bits per heavy atom. The minimum absolute atomic E-state index is 0.242. The van der Waals surface area contributed by atoms with Gasteiger partial charge in [-0.2, -0.15) is 0 Å². The van der Waals surface area contributed by atoms with E-state index in [4.69, 9.17) is 14.5 Å². The third-order valence-electron chi connectivity index (χ3n) is 6.64. The molecular weight excluding hydrogens is 534 g/mol. The lowest BCUT2D eigenvalue weighted by atomic mass is 10.1. The number of nitrogens with one attached hydrogen (secondary N) is 2. The number of rotatable bonds is 15. The van der Waals surface area contributed by atoms with Crippen LogP contribution in [0.1, 0.15) is 6.42 Å². The zero-order valence-electron chi connectivity index (χ0n) is 24.5. The first kappa shape index (κ1) is 30.1. The second-order valence-corrected chi connectivity index (χ2v) is 10.0. The SMILES string of the molecule is C=CC(=O)Nc1cc(Nc2nccc(-c3cn(C)c4ccccc34)n2)c(OCCCOC=O)cc1N(C)CCN(C)C. The Bertz CT molecular complexity index is 1550. The first-order valence-corrected chi connectivity index (χ1v) is 13.6. The number of amides is 1. The Morgan fingerprint density at radius 3 is 2.67 bits per heavy atom. The quantitative estimate of drug-likeness (QED) is 0.121. The number of aromatic nitrogens is 3. The summed E-state index contributed by atoms with van der Waals surface area (Å²) in [5, 5.41) is 7.30. The zero-order valence-corrected chi connectivity index (χ0v) is 24.5. The molecule has 4 rings (SSSR count). The molecule has 0 radical (unpaired) electrons. The Hall–Kier alpha value is -4.90. The van der Waals surface area contributed by atoms with E-state index in [2.05, 4.69) is 43.8 Å². The Labute approximate surface area is 245 Å². The summed E-state index contributed by atoms with van der Waals surface area (Å²) >= 11 is 0. The fourth-order valence-electron chi connectivity index (χ4n) is 4.46. The molecule has 0 bridgehead atoms. The molecule has 0 unspecified atom stereocenters. The van der Waals surface area contributed by atoms with Crippen molar-refractivity contribution in [2.75, 3.05) is 63.0 Å². The highest BCUT2D eigenvalue weighted by Gasteiger charge is 2.18. The molecule has 0 spiro atoms. The van der Waals surface area contributed by atoms with Crippen molar-refractivity contribution in [1.29, 1.82) is 0 Å². The molecule has 1 amide bonds. The van der Waals surface area contributed by atoms with E-state index in [0.29, 0.717) is 49.1 Å². The van der Waals surface area contributed by atoms with Crippen LogP contribution in [0.4, 0.5) is 23.0 Å². The highest BCUT2D eigenvalue weighted by Crippen LogP contribution is 2.38. The molecule has 2 heterocycles. The summed E-state index contributed by atoms with van der Waals surface area (Å²) in [5.41, 5.74) is 4.75. The van der Waals surface area contributed by atoms with Gasteiger partial charge in [0.05, 0.1) is 36.0 Å². The summed E-state index contributed by atoms with van der Waals surface area (Å²) in [6.45, 7) is 6.07. The molecule has 11 heteroatoms. The number of ether oxygens (including phenoxy) is 2. The maximum absolute atomic E-state index is 12.4. The first-order valence-electron chi connectivity index (χ1n) is 13.6. The molecule has 0 aliphatic heterocycles. The van der Waals surface area contributed by atoms with E-state index < -0.39 is 0 Å². The van der Waals surface area contributed by atoms with Crippen LogP contribution in [-0.2, 0) is 21.4 Å². The van der Waals surface area contributed by atoms with Crippen molar-refractivity contribution in [2.45, 2.75) is 6.42 Å². The first-order chi connectivity index (χ1) is 20.3. The normalized spacial score (nSPS) is 10.9. The number of nitrogens with zero attached hydrogens (tertiary/aromatic N) is 5. The molecule has 0 saturated carbocycles. The molecule has 11 nitrogen and oxygen atoms in total. The zero-order chi connectivity index (χ0) is 30.1. The van der Waals surface area contributed by atoms with Gasteiger partial charge in [0.15, 0.2) is 0 Å². The van der Waals surface area contributed by atoms with Gasteiger partial charge >= 0.3 is 0 Å². The van der Waals surface area contributed by atoms with Gasteiger partial charge < -0.3 is 34.5 Å². The lowest BCUT2D eigenvalue weighted by Gasteiger charge is -2.26. The number of anilines is 4. The third kappa shape index (κ3) is 7.43. The number of hydrogen-bond donors (Lipinski definition) is 2. The van der Waals surface area contributed by atoms with Crippen LogP contribution in [0.25, 0.3) is 22.2 Å². The van der Waals surface area contributed by atoms with Gasteiger partial charge in [0.25, 0.3) is 6.47 Å². The van der Waals surface area contributed by atoms with Gasteiger partial charge in [-0.15, -0.1) is 0 Å². The van der Waals surface area contributed by atoms with Gasteiger partial charge in [0, 0.05) is 68.5 Å². The number of likely N-dealkylation sites (N-methyl/N-ethyl adjacent to an activating group) is 2. The van der Waals surface area contributed by atoms with E-state index >= 15 is 0 Å². The van der Waals surface area contributed by atoms with E-state index in [9.17, 15) is 9.59 Å². The molecule has 2 aromatic carbocycles. The number of benzene rings is 2. The number of fused-ring (bicyclic) bond motifs is 1. The number of hydrogen-bond acceptors (Lipinski definition) is 9. The van der Waals surface area contributed by atoms with Crippen molar-refractivity contribution in [1.82, 2.24) is 19.4 Å². The second kappa shape index (κ2) is 14.1. The number of aryl methyl sites for hydroxylation is 1. The van der Waals surface area contributed by atoms with Crippen LogP contribution < -0.4 is 20.3 Å². The monoisotopic (exact) mass is 571 g/mol. The van der Waals surface area contributed by atoms with Crippen molar-refractivity contribution in [3.05, 3.63) is 67.5 Å². The lowest BCUT2D eigenvalue weighted by molar-refractivity contribution is -0.128. The minimum atomic E-state index is -0.336. The van der Waals surface area contributed by atoms with Crippen molar-refractivity contribution >= 4 is 46.3 Å². The molecule has 0 saturated heterocycles. The average Bonchev–Trinajstić information content (AvgIpc) is 3.33. The molecule has 2 N–H and O–H groups in total. The van der Waals surface area contributed by atoms with Crippen molar-refractivity contribution in [2.24, 2.45) is 7.05 Å². The van der Waals surface area contributed by atoms with Gasteiger partial charge in [-0.05, 0) is 38.4 Å². The molecular formula is C31H37N7O4. The van der Waals surface area contributed by atoms with Gasteiger partial charge in [-0.25, -0.2) is 9.97 Å². The summed E-state index contributed by atoms with van der Waals surface area (Å²) in [6.07, 6.45) is 5.48. The topological polar surface area (TPSA) is 114 Å². The van der Waals surface area contributed by atoms with Crippen molar-refractivity contribution < 1.29 is 19.1 Å². The number of carbonyl (C=O) groups is 2. The highest BCUT2D eigenvalue weighted by atomic mass is 16.5. The molecule has 0 atom stereocenters. The Kier molecular flexibility index (Phi) is 10.1. The van der Waals surface area contributed by atoms with Crippen LogP contribution in [-0.4, -0.2) is 79.3 Å². The molecule has 4 aromatic rings. The van der Waals surface area contributed by atoms with E-state index in [-0.39, 0.29) is 12.5 Å². The maximum atomic E-state index is 12.4. The smallest absolute Gasteiger partial charge is 0.293 e. The minimum Gasteiger partial charge on any atom is -0.491 e. The maximum Gasteiger partial charge on any atom is 0.293 e. The van der Waals surface area contributed by atoms with Gasteiger partial charge in [-0.1, -0.05) is 24.8 Å². The largest absolute Gasteiger partial charge is 0.491 e. The summed E-state index contributed by atoms with van der Waals surface area (Å²) in [5.74, 6) is 0.560. The van der Waals surface area contributed by atoms with E-state index in [1.54, 1.807) is 12.3 Å². The van der Waals surface area contributed by atoms with Gasteiger partial charge in [0.2, 0.25) is 11.9 Å². The fourth-order valence-corrected chi connectivity index (χ4v) is 4.46. The van der Waals surface area contributed by atoms with Crippen molar-refractivity contribution in [3.63, 3.8) is 0 Å². The van der Waals surface area contributed by atoms with Crippen molar-refractivity contribution in [3.8, 4) is 17.0 Å². The number of para-hydroxylation sites is 1. The van der Waals surface area contributed by atoms with E-state index in [1.165, 1.54) is 6.08 Å². The lowest BCUT2D eigenvalue weighted by Crippen LogP contribution is -2.29. The summed E-state index contributed by atoms with van der Waals surface area (Å²) in [4.78, 5) is 36.3. The second-order valence-electron chi connectivity index (χ2n) is 10.0. The Balaban J connectivity index is 1.72. The fraction of sp³-hybridized carbons (Fsp3) is 0.290. The summed E-state index contributed by atoms with van der Waals surface area (Å²) in [7, 11) is 7.97. The van der Waals surface area contributed by atoms with Crippen LogP contribution >= 0.6 is 0 Å². The third-order valence-corrected chi connectivity index (χ3v) is 6.64. The molecule has 0 fully saturated rings. The Morgan fingerprint density at radius 2 is 1.90 bits per heavy atom. The standard InChI is InChI=1S/C31H37N7O4/c1-6-30(40)33-25-18-26(29(42-17-9-16-41-21-39)19-28(25)37(4)15-14-36(2)3)35-31-32-13-12-24(34-31)23-20-38(5)27-11-8-7-10-22(23)27/h6-8,10-13,18-21H,1,9,14-17H2,2-5H3,(H,33,40)(H,32,34,35). The summed E-state index contributed by atoms with van der Waals surface area (Å²) < 4.78 is 13.0. The number of carbonyl (C=O) groups excluding carboxylic acids is 2.